The van der Waals surface area contributed by atoms with E-state index in [4.69, 9.17) is 5.73 Å². The van der Waals surface area contributed by atoms with Crippen LogP contribution in [-0.4, -0.2) is 18.5 Å². The van der Waals surface area contributed by atoms with Gasteiger partial charge in [0.1, 0.15) is 0 Å². The van der Waals surface area contributed by atoms with Crippen LogP contribution >= 0.6 is 0 Å². The number of hydrogen-bond acceptors (Lipinski definition) is 2. The maximum absolute atomic E-state index is 11.7. The van der Waals surface area contributed by atoms with E-state index < -0.39 is 0 Å². The van der Waals surface area contributed by atoms with Crippen LogP contribution in [-0.2, 0) is 4.79 Å². The summed E-state index contributed by atoms with van der Waals surface area (Å²) in [5.74, 6) is 0.179. The van der Waals surface area contributed by atoms with Gasteiger partial charge in [0.15, 0.2) is 0 Å². The van der Waals surface area contributed by atoms with Gasteiger partial charge in [-0.15, -0.1) is 0 Å². The zero-order valence-corrected chi connectivity index (χ0v) is 10.5. The SMILES string of the molecule is CC(C)(CCN)CCC(=O)NC1CC=CC1. The molecule has 1 rings (SSSR count). The Morgan fingerprint density at radius 2 is 2.00 bits per heavy atom. The molecule has 3 N–H and O–H groups in total. The Kier molecular flexibility index (Phi) is 5.00. The molecule has 0 fully saturated rings. The summed E-state index contributed by atoms with van der Waals surface area (Å²) in [7, 11) is 0. The molecule has 0 unspecified atom stereocenters. The van der Waals surface area contributed by atoms with Crippen molar-refractivity contribution in [3.63, 3.8) is 0 Å². The number of carbonyl (C=O) groups excluding carboxylic acids is 1. The summed E-state index contributed by atoms with van der Waals surface area (Å²) in [6.45, 7) is 5.04. The third-order valence-corrected chi connectivity index (χ3v) is 3.22. The van der Waals surface area contributed by atoms with E-state index in [1.54, 1.807) is 0 Å². The van der Waals surface area contributed by atoms with Gasteiger partial charge in [0.2, 0.25) is 5.91 Å². The topological polar surface area (TPSA) is 55.1 Å². The van der Waals surface area contributed by atoms with Crippen LogP contribution in [0.4, 0.5) is 0 Å². The Balaban J connectivity index is 2.19. The zero-order chi connectivity index (χ0) is 12.0. The lowest BCUT2D eigenvalue weighted by atomic mass is 9.84. The minimum absolute atomic E-state index is 0.179. The molecule has 0 bridgehead atoms. The normalized spacial score (nSPS) is 16.7. The van der Waals surface area contributed by atoms with Crippen LogP contribution in [0.3, 0.4) is 0 Å². The average Bonchev–Trinajstić information content (AvgIpc) is 2.68. The minimum atomic E-state index is 0.179. The third kappa shape index (κ3) is 4.79. The summed E-state index contributed by atoms with van der Waals surface area (Å²) in [6.07, 6.45) is 8.73. The second-order valence-electron chi connectivity index (χ2n) is 5.41. The number of amides is 1. The van der Waals surface area contributed by atoms with Crippen LogP contribution in [0.5, 0.6) is 0 Å². The largest absolute Gasteiger partial charge is 0.353 e. The number of nitrogens with one attached hydrogen (secondary N) is 1. The molecule has 16 heavy (non-hydrogen) atoms. The van der Waals surface area contributed by atoms with Crippen LogP contribution in [0.1, 0.15) is 46.0 Å². The molecule has 1 aliphatic rings. The highest BCUT2D eigenvalue weighted by Crippen LogP contribution is 2.25. The molecule has 0 atom stereocenters. The highest BCUT2D eigenvalue weighted by molar-refractivity contribution is 5.76. The standard InChI is InChI=1S/C13H24N2O/c1-13(2,9-10-14)8-7-12(16)15-11-5-3-4-6-11/h3-4,11H,5-10,14H2,1-2H3,(H,15,16). The fraction of sp³-hybridized carbons (Fsp3) is 0.769. The first-order chi connectivity index (χ1) is 7.53. The summed E-state index contributed by atoms with van der Waals surface area (Å²) in [6, 6.07) is 0.338. The zero-order valence-electron chi connectivity index (χ0n) is 10.5. The molecule has 0 aromatic heterocycles. The lowest BCUT2D eigenvalue weighted by Crippen LogP contribution is -2.33. The van der Waals surface area contributed by atoms with Crippen LogP contribution in [0.2, 0.25) is 0 Å². The number of nitrogens with two attached hydrogens (primary N) is 1. The predicted molar refractivity (Wildman–Crippen MR) is 67.0 cm³/mol. The van der Waals surface area contributed by atoms with Gasteiger partial charge in [-0.2, -0.15) is 0 Å². The summed E-state index contributed by atoms with van der Waals surface area (Å²) in [5, 5.41) is 3.06. The van der Waals surface area contributed by atoms with Crippen LogP contribution in [0.25, 0.3) is 0 Å². The van der Waals surface area contributed by atoms with Gasteiger partial charge < -0.3 is 11.1 Å². The molecule has 3 heteroatoms. The molecule has 1 amide bonds. The molecule has 0 aliphatic heterocycles. The molecule has 0 spiro atoms. The van der Waals surface area contributed by atoms with Crippen molar-refractivity contribution in [2.24, 2.45) is 11.1 Å². The van der Waals surface area contributed by atoms with Crippen molar-refractivity contribution in [1.29, 1.82) is 0 Å². The maximum atomic E-state index is 11.7. The van der Waals surface area contributed by atoms with Crippen molar-refractivity contribution >= 4 is 5.91 Å². The van der Waals surface area contributed by atoms with E-state index in [0.717, 1.165) is 25.7 Å². The quantitative estimate of drug-likeness (QED) is 0.678. The average molecular weight is 224 g/mol. The molecule has 0 saturated heterocycles. The second-order valence-corrected chi connectivity index (χ2v) is 5.41. The lowest BCUT2D eigenvalue weighted by Gasteiger charge is -2.23. The first kappa shape index (κ1) is 13.2. The fourth-order valence-electron chi connectivity index (χ4n) is 2.00. The van der Waals surface area contributed by atoms with E-state index >= 15 is 0 Å². The van der Waals surface area contributed by atoms with E-state index in [1.165, 1.54) is 0 Å². The second kappa shape index (κ2) is 6.04. The van der Waals surface area contributed by atoms with E-state index in [2.05, 4.69) is 31.3 Å². The maximum Gasteiger partial charge on any atom is 0.220 e. The predicted octanol–water partition coefficient (Wildman–Crippen LogP) is 1.98. The molecule has 0 radical (unpaired) electrons. The van der Waals surface area contributed by atoms with Gasteiger partial charge in [-0.05, 0) is 37.6 Å². The van der Waals surface area contributed by atoms with Crippen molar-refractivity contribution in [2.45, 2.75) is 52.0 Å². The number of carbonyl (C=O) groups is 1. The monoisotopic (exact) mass is 224 g/mol. The summed E-state index contributed by atoms with van der Waals surface area (Å²) < 4.78 is 0. The van der Waals surface area contributed by atoms with Gasteiger partial charge in [0, 0.05) is 12.5 Å². The molecule has 0 saturated carbocycles. The molecule has 0 aromatic rings. The lowest BCUT2D eigenvalue weighted by molar-refractivity contribution is -0.122. The molecular formula is C13H24N2O. The Morgan fingerprint density at radius 1 is 1.38 bits per heavy atom. The van der Waals surface area contributed by atoms with Gasteiger partial charge in [-0.3, -0.25) is 4.79 Å². The molecular weight excluding hydrogens is 200 g/mol. The fourth-order valence-corrected chi connectivity index (χ4v) is 2.00. The van der Waals surface area contributed by atoms with Gasteiger partial charge in [-0.25, -0.2) is 0 Å². The van der Waals surface area contributed by atoms with E-state index in [0.29, 0.717) is 19.0 Å². The molecule has 0 aromatic carbocycles. The van der Waals surface area contributed by atoms with Crippen LogP contribution < -0.4 is 11.1 Å². The van der Waals surface area contributed by atoms with Crippen molar-refractivity contribution in [3.8, 4) is 0 Å². The number of hydrogen-bond donors (Lipinski definition) is 2. The highest BCUT2D eigenvalue weighted by atomic mass is 16.1. The minimum Gasteiger partial charge on any atom is -0.353 e. The Morgan fingerprint density at radius 3 is 2.56 bits per heavy atom. The van der Waals surface area contributed by atoms with Crippen molar-refractivity contribution in [3.05, 3.63) is 12.2 Å². The van der Waals surface area contributed by atoms with E-state index in [1.807, 2.05) is 0 Å². The summed E-state index contributed by atoms with van der Waals surface area (Å²) in [4.78, 5) is 11.7. The van der Waals surface area contributed by atoms with E-state index in [9.17, 15) is 4.79 Å². The number of rotatable bonds is 6. The van der Waals surface area contributed by atoms with Gasteiger partial charge in [-0.1, -0.05) is 26.0 Å². The first-order valence-corrected chi connectivity index (χ1v) is 6.18. The molecule has 3 nitrogen and oxygen atoms in total. The Bertz CT molecular complexity index is 251. The van der Waals surface area contributed by atoms with Crippen LogP contribution in [0.15, 0.2) is 12.2 Å². The molecule has 0 heterocycles. The third-order valence-electron chi connectivity index (χ3n) is 3.22. The smallest absolute Gasteiger partial charge is 0.220 e. The Hall–Kier alpha value is -0.830. The van der Waals surface area contributed by atoms with Gasteiger partial charge >= 0.3 is 0 Å². The van der Waals surface area contributed by atoms with Crippen molar-refractivity contribution in [1.82, 2.24) is 5.32 Å². The molecule has 92 valence electrons. The van der Waals surface area contributed by atoms with Crippen molar-refractivity contribution in [2.75, 3.05) is 6.54 Å². The first-order valence-electron chi connectivity index (χ1n) is 6.18. The van der Waals surface area contributed by atoms with Gasteiger partial charge in [0.05, 0.1) is 0 Å². The van der Waals surface area contributed by atoms with Crippen molar-refractivity contribution < 1.29 is 4.79 Å². The van der Waals surface area contributed by atoms with E-state index in [-0.39, 0.29) is 11.3 Å². The van der Waals surface area contributed by atoms with Gasteiger partial charge in [0.25, 0.3) is 0 Å². The summed E-state index contributed by atoms with van der Waals surface area (Å²) >= 11 is 0. The summed E-state index contributed by atoms with van der Waals surface area (Å²) in [5.41, 5.74) is 5.72. The Labute approximate surface area is 98.5 Å². The van der Waals surface area contributed by atoms with Crippen LogP contribution in [0, 0.1) is 5.41 Å². The molecule has 1 aliphatic carbocycles. The highest BCUT2D eigenvalue weighted by Gasteiger charge is 2.19.